The molecule has 0 saturated heterocycles. The molecule has 2 aromatic carbocycles. The molecule has 0 bridgehead atoms. The SMILES string of the molecule is CCn1nc(C(=O)NNS(=O)(=O)c2cc(C=CC(=O)O)cc(OC)c2OC)c2ccccc2c1=O. The first kappa shape index (κ1) is 25.4. The molecule has 0 aliphatic carbocycles. The minimum atomic E-state index is -4.44. The highest BCUT2D eigenvalue weighted by Gasteiger charge is 2.25. The predicted molar refractivity (Wildman–Crippen MR) is 126 cm³/mol. The van der Waals surface area contributed by atoms with Crippen molar-refractivity contribution < 1.29 is 32.6 Å². The van der Waals surface area contributed by atoms with Crippen LogP contribution in [0.4, 0.5) is 0 Å². The highest BCUT2D eigenvalue weighted by Crippen LogP contribution is 2.35. The summed E-state index contributed by atoms with van der Waals surface area (Å²) < 4.78 is 37.6. The van der Waals surface area contributed by atoms with Gasteiger partial charge < -0.3 is 14.6 Å². The number of benzene rings is 2. The first-order valence-electron chi connectivity index (χ1n) is 10.1. The summed E-state index contributed by atoms with van der Waals surface area (Å²) in [4.78, 5) is 37.8. The number of aromatic nitrogens is 2. The van der Waals surface area contributed by atoms with Gasteiger partial charge in [-0.05, 0) is 36.8 Å². The van der Waals surface area contributed by atoms with Crippen LogP contribution in [-0.2, 0) is 21.4 Å². The van der Waals surface area contributed by atoms with E-state index in [1.54, 1.807) is 25.1 Å². The number of hydrazine groups is 1. The molecule has 0 radical (unpaired) electrons. The largest absolute Gasteiger partial charge is 0.493 e. The number of nitrogens with one attached hydrogen (secondary N) is 2. The third-order valence-electron chi connectivity index (χ3n) is 4.86. The first-order valence-corrected chi connectivity index (χ1v) is 11.6. The molecule has 0 atom stereocenters. The smallest absolute Gasteiger partial charge is 0.328 e. The van der Waals surface area contributed by atoms with Gasteiger partial charge in [0.1, 0.15) is 4.90 Å². The Balaban J connectivity index is 2.00. The van der Waals surface area contributed by atoms with Gasteiger partial charge in [0.15, 0.2) is 17.2 Å². The van der Waals surface area contributed by atoms with Gasteiger partial charge in [-0.2, -0.15) is 5.10 Å². The van der Waals surface area contributed by atoms with Crippen LogP contribution in [-0.4, -0.2) is 49.4 Å². The zero-order valence-corrected chi connectivity index (χ0v) is 19.8. The number of aryl methyl sites for hydroxylation is 1. The van der Waals surface area contributed by atoms with Crippen LogP contribution in [0.3, 0.4) is 0 Å². The van der Waals surface area contributed by atoms with E-state index < -0.39 is 26.8 Å². The van der Waals surface area contributed by atoms with Crippen molar-refractivity contribution in [1.82, 2.24) is 20.0 Å². The van der Waals surface area contributed by atoms with Crippen LogP contribution in [0.25, 0.3) is 16.8 Å². The van der Waals surface area contributed by atoms with E-state index in [1.807, 2.05) is 4.83 Å². The van der Waals surface area contributed by atoms with Gasteiger partial charge in [0.25, 0.3) is 21.5 Å². The predicted octanol–water partition coefficient (Wildman–Crippen LogP) is 1.15. The molecule has 184 valence electrons. The summed E-state index contributed by atoms with van der Waals surface area (Å²) in [6, 6.07) is 8.87. The van der Waals surface area contributed by atoms with Crippen molar-refractivity contribution >= 4 is 38.7 Å². The standard InChI is InChI=1S/C22H22N4O8S/c1-4-26-22(30)15-8-6-5-7-14(15)19(24-26)21(29)23-25-35(31,32)17-12-13(9-10-18(27)28)11-16(33-2)20(17)34-3/h5-12,25H,4H2,1-3H3,(H,23,29)(H,27,28). The molecular formula is C22H22N4O8S. The van der Waals surface area contributed by atoms with Crippen molar-refractivity contribution in [3.8, 4) is 11.5 Å². The molecule has 12 nitrogen and oxygen atoms in total. The number of ether oxygens (including phenoxy) is 2. The fraction of sp³-hybridized carbons (Fsp3) is 0.182. The Morgan fingerprint density at radius 3 is 2.43 bits per heavy atom. The minimum absolute atomic E-state index is 0.0226. The second kappa shape index (κ2) is 10.4. The van der Waals surface area contributed by atoms with E-state index in [4.69, 9.17) is 14.6 Å². The summed E-state index contributed by atoms with van der Waals surface area (Å²) in [5, 5.41) is 13.4. The average Bonchev–Trinajstić information content (AvgIpc) is 2.85. The molecule has 0 aliphatic rings. The van der Waals surface area contributed by atoms with Crippen molar-refractivity contribution in [2.24, 2.45) is 0 Å². The summed E-state index contributed by atoms with van der Waals surface area (Å²) in [6.07, 6.45) is 2.00. The number of carbonyl (C=O) groups excluding carboxylic acids is 1. The van der Waals surface area contributed by atoms with E-state index in [1.165, 1.54) is 32.4 Å². The van der Waals surface area contributed by atoms with Gasteiger partial charge in [0.05, 0.1) is 19.6 Å². The molecule has 3 rings (SSSR count). The zero-order chi connectivity index (χ0) is 25.8. The molecule has 0 aliphatic heterocycles. The molecule has 1 heterocycles. The number of hydrogen-bond acceptors (Lipinski definition) is 8. The maximum absolute atomic E-state index is 13.1. The van der Waals surface area contributed by atoms with E-state index in [0.29, 0.717) is 0 Å². The number of hydrogen-bond donors (Lipinski definition) is 3. The van der Waals surface area contributed by atoms with Crippen LogP contribution in [0, 0.1) is 0 Å². The Bertz CT molecular complexity index is 1500. The van der Waals surface area contributed by atoms with Crippen LogP contribution < -0.4 is 25.3 Å². The molecule has 3 N–H and O–H groups in total. The number of carboxylic acids is 1. The topological polar surface area (TPSA) is 166 Å². The first-order chi connectivity index (χ1) is 16.6. The second-order valence-corrected chi connectivity index (χ2v) is 8.65. The summed E-state index contributed by atoms with van der Waals surface area (Å²) in [5.41, 5.74) is 1.74. The lowest BCUT2D eigenvalue weighted by atomic mass is 10.1. The minimum Gasteiger partial charge on any atom is -0.493 e. The van der Waals surface area contributed by atoms with Gasteiger partial charge in [-0.15, -0.1) is 4.83 Å². The molecule has 3 aromatic rings. The van der Waals surface area contributed by atoms with Gasteiger partial charge in [-0.3, -0.25) is 15.0 Å². The Labute approximate surface area is 199 Å². The monoisotopic (exact) mass is 502 g/mol. The van der Waals surface area contributed by atoms with Crippen LogP contribution >= 0.6 is 0 Å². The third-order valence-corrected chi connectivity index (χ3v) is 6.11. The summed E-state index contributed by atoms with van der Waals surface area (Å²) >= 11 is 0. The normalized spacial score (nSPS) is 11.5. The fourth-order valence-electron chi connectivity index (χ4n) is 3.26. The van der Waals surface area contributed by atoms with Crippen LogP contribution in [0.15, 0.2) is 52.2 Å². The summed E-state index contributed by atoms with van der Waals surface area (Å²) in [7, 11) is -1.93. The van der Waals surface area contributed by atoms with Crippen molar-refractivity contribution in [3.63, 3.8) is 0 Å². The van der Waals surface area contributed by atoms with Crippen LogP contribution in [0.5, 0.6) is 11.5 Å². The number of carbonyl (C=O) groups is 2. The van der Waals surface area contributed by atoms with Gasteiger partial charge in [-0.1, -0.05) is 18.2 Å². The zero-order valence-electron chi connectivity index (χ0n) is 18.9. The van der Waals surface area contributed by atoms with Crippen LogP contribution in [0.2, 0.25) is 0 Å². The van der Waals surface area contributed by atoms with Crippen molar-refractivity contribution in [2.75, 3.05) is 14.2 Å². The number of aliphatic carboxylic acids is 1. The van der Waals surface area contributed by atoms with Crippen molar-refractivity contribution in [2.45, 2.75) is 18.4 Å². The van der Waals surface area contributed by atoms with E-state index >= 15 is 0 Å². The maximum atomic E-state index is 13.1. The number of carboxylic acid groups (broad SMARTS) is 1. The Kier molecular flexibility index (Phi) is 7.52. The third kappa shape index (κ3) is 5.31. The number of rotatable bonds is 9. The Hall–Kier alpha value is -4.23. The van der Waals surface area contributed by atoms with Gasteiger partial charge in [-0.25, -0.2) is 17.9 Å². The summed E-state index contributed by atoms with van der Waals surface area (Å²) in [5.74, 6) is -2.28. The number of nitrogens with zero attached hydrogens (tertiary/aromatic N) is 2. The lowest BCUT2D eigenvalue weighted by Gasteiger charge is -2.15. The summed E-state index contributed by atoms with van der Waals surface area (Å²) in [6.45, 7) is 1.88. The molecule has 0 saturated carbocycles. The molecule has 1 aromatic heterocycles. The highest BCUT2D eigenvalue weighted by atomic mass is 32.2. The number of amides is 1. The van der Waals surface area contributed by atoms with Crippen molar-refractivity contribution in [1.29, 1.82) is 0 Å². The van der Waals surface area contributed by atoms with E-state index in [0.717, 1.165) is 16.8 Å². The van der Waals surface area contributed by atoms with Gasteiger partial charge >= 0.3 is 5.97 Å². The molecule has 13 heteroatoms. The van der Waals surface area contributed by atoms with E-state index in [9.17, 15) is 22.8 Å². The Morgan fingerprint density at radius 1 is 1.14 bits per heavy atom. The molecular weight excluding hydrogens is 480 g/mol. The van der Waals surface area contributed by atoms with Crippen LogP contribution in [0.1, 0.15) is 23.0 Å². The molecule has 35 heavy (non-hydrogen) atoms. The maximum Gasteiger partial charge on any atom is 0.328 e. The average molecular weight is 503 g/mol. The number of fused-ring (bicyclic) bond motifs is 1. The van der Waals surface area contributed by atoms with E-state index in [2.05, 4.69) is 10.5 Å². The molecule has 0 unspecified atom stereocenters. The molecule has 1 amide bonds. The van der Waals surface area contributed by atoms with Gasteiger partial charge in [0, 0.05) is 18.0 Å². The second-order valence-electron chi connectivity index (χ2n) is 7.00. The lowest BCUT2D eigenvalue weighted by molar-refractivity contribution is -0.131. The highest BCUT2D eigenvalue weighted by molar-refractivity contribution is 7.89. The number of sulfonamides is 1. The Morgan fingerprint density at radius 2 is 1.83 bits per heavy atom. The van der Waals surface area contributed by atoms with Crippen molar-refractivity contribution in [3.05, 3.63) is 64.1 Å². The van der Waals surface area contributed by atoms with Gasteiger partial charge in [0.2, 0.25) is 0 Å². The fourth-order valence-corrected chi connectivity index (χ4v) is 4.31. The molecule has 0 spiro atoms. The number of methoxy groups -OCH3 is 2. The lowest BCUT2D eigenvalue weighted by Crippen LogP contribution is -2.42. The quantitative estimate of drug-likeness (QED) is 0.287. The van der Waals surface area contributed by atoms with E-state index in [-0.39, 0.29) is 45.6 Å². The molecule has 0 fully saturated rings.